The van der Waals surface area contributed by atoms with Gasteiger partial charge in [0, 0.05) is 5.92 Å². The molecule has 9 atom stereocenters. The Balaban J connectivity index is 1.45. The normalized spacial score (nSPS) is 54.8. The first-order valence-electron chi connectivity index (χ1n) is 9.61. The van der Waals surface area contributed by atoms with E-state index < -0.39 is 18.2 Å². The van der Waals surface area contributed by atoms with Crippen LogP contribution in [0.5, 0.6) is 0 Å². The van der Waals surface area contributed by atoms with E-state index in [0.717, 1.165) is 17.6 Å². The first kappa shape index (κ1) is 17.3. The molecule has 2 N–H and O–H groups in total. The minimum atomic E-state index is -0.957. The first-order chi connectivity index (χ1) is 12.2. The minimum Gasteiger partial charge on any atom is -0.387 e. The maximum Gasteiger partial charge on any atom is 0.184 e. The van der Waals surface area contributed by atoms with Gasteiger partial charge in [-0.1, -0.05) is 12.2 Å². The number of aliphatic hydroxyl groups is 2. The van der Waals surface area contributed by atoms with Gasteiger partial charge in [-0.05, 0) is 57.6 Å². The van der Waals surface area contributed by atoms with Crippen LogP contribution in [0.3, 0.4) is 0 Å². The highest BCUT2D eigenvalue weighted by molar-refractivity contribution is 5.28. The van der Waals surface area contributed by atoms with E-state index in [1.54, 1.807) is 0 Å². The maximum atomic E-state index is 10.8. The molecule has 0 aromatic carbocycles. The third-order valence-electron chi connectivity index (χ3n) is 6.79. The van der Waals surface area contributed by atoms with Crippen molar-refractivity contribution < 1.29 is 29.2 Å². The van der Waals surface area contributed by atoms with Crippen LogP contribution in [-0.4, -0.2) is 58.4 Å². The van der Waals surface area contributed by atoms with Gasteiger partial charge in [0.1, 0.15) is 18.3 Å². The second-order valence-corrected chi connectivity index (χ2v) is 9.25. The molecule has 0 aromatic heterocycles. The molecule has 0 bridgehead atoms. The van der Waals surface area contributed by atoms with Crippen molar-refractivity contribution in [3.63, 3.8) is 0 Å². The molecule has 5 aliphatic rings. The van der Waals surface area contributed by atoms with Gasteiger partial charge in [-0.15, -0.1) is 0 Å². The Kier molecular flexibility index (Phi) is 3.60. The number of fused-ring (bicyclic) bond motifs is 4. The SMILES string of the molecule is C=C1CC2OC2C(C)(O)CCC2C3=CC(C4OC4(C)C)OC3OC(O)C12. The molecule has 4 aliphatic heterocycles. The van der Waals surface area contributed by atoms with Crippen molar-refractivity contribution in [2.24, 2.45) is 11.8 Å². The molecule has 5 rings (SSSR count). The van der Waals surface area contributed by atoms with Crippen LogP contribution in [-0.2, 0) is 18.9 Å². The summed E-state index contributed by atoms with van der Waals surface area (Å²) in [6.45, 7) is 10.2. The number of hydrogen-bond donors (Lipinski definition) is 2. The van der Waals surface area contributed by atoms with Crippen molar-refractivity contribution in [2.75, 3.05) is 0 Å². The smallest absolute Gasteiger partial charge is 0.184 e. The monoisotopic (exact) mass is 364 g/mol. The zero-order valence-corrected chi connectivity index (χ0v) is 15.6. The maximum absolute atomic E-state index is 10.8. The van der Waals surface area contributed by atoms with Crippen LogP contribution in [0.15, 0.2) is 23.8 Å². The summed E-state index contributed by atoms with van der Waals surface area (Å²) < 4.78 is 23.3. The molecule has 1 saturated carbocycles. The molecule has 4 fully saturated rings. The zero-order valence-electron chi connectivity index (χ0n) is 15.6. The predicted octanol–water partition coefficient (Wildman–Crippen LogP) is 1.65. The number of rotatable bonds is 1. The Hall–Kier alpha value is -0.760. The Labute approximate surface area is 153 Å². The van der Waals surface area contributed by atoms with E-state index in [9.17, 15) is 10.2 Å². The molecule has 0 spiro atoms. The van der Waals surface area contributed by atoms with Crippen LogP contribution in [0, 0.1) is 11.8 Å². The van der Waals surface area contributed by atoms with Gasteiger partial charge in [-0.25, -0.2) is 0 Å². The summed E-state index contributed by atoms with van der Waals surface area (Å²) in [4.78, 5) is 0. The zero-order chi connectivity index (χ0) is 18.4. The lowest BCUT2D eigenvalue weighted by Crippen LogP contribution is -2.44. The van der Waals surface area contributed by atoms with Crippen LogP contribution in [0.2, 0.25) is 0 Å². The van der Waals surface area contributed by atoms with Crippen molar-refractivity contribution in [2.45, 2.75) is 88.2 Å². The summed E-state index contributed by atoms with van der Waals surface area (Å²) in [5.41, 5.74) is 0.945. The van der Waals surface area contributed by atoms with E-state index >= 15 is 0 Å². The summed E-state index contributed by atoms with van der Waals surface area (Å²) >= 11 is 0. The molecule has 0 aromatic rings. The fourth-order valence-corrected chi connectivity index (χ4v) is 5.13. The molecule has 3 saturated heterocycles. The number of ether oxygens (including phenoxy) is 4. The fourth-order valence-electron chi connectivity index (χ4n) is 5.13. The summed E-state index contributed by atoms with van der Waals surface area (Å²) in [5.74, 6) is -0.154. The van der Waals surface area contributed by atoms with Crippen molar-refractivity contribution in [3.8, 4) is 0 Å². The highest BCUT2D eigenvalue weighted by Gasteiger charge is 2.58. The van der Waals surface area contributed by atoms with Gasteiger partial charge < -0.3 is 29.2 Å². The third kappa shape index (κ3) is 2.62. The molecule has 144 valence electrons. The van der Waals surface area contributed by atoms with Gasteiger partial charge in [0.2, 0.25) is 0 Å². The minimum absolute atomic E-state index is 0.0107. The average Bonchev–Trinajstić information content (AvgIpc) is 3.39. The van der Waals surface area contributed by atoms with Gasteiger partial charge in [-0.2, -0.15) is 0 Å². The Morgan fingerprint density at radius 3 is 2.58 bits per heavy atom. The topological polar surface area (TPSA) is 84.0 Å². The van der Waals surface area contributed by atoms with E-state index in [1.165, 1.54) is 0 Å². The molecule has 0 radical (unpaired) electrons. The van der Waals surface area contributed by atoms with E-state index in [2.05, 4.69) is 12.7 Å². The summed E-state index contributed by atoms with van der Waals surface area (Å²) in [5, 5.41) is 21.5. The molecule has 6 heteroatoms. The molecule has 1 aliphatic carbocycles. The molecule has 4 heterocycles. The molecule has 9 unspecified atom stereocenters. The van der Waals surface area contributed by atoms with Crippen molar-refractivity contribution in [1.29, 1.82) is 0 Å². The standard InChI is InChI=1S/C20H28O6/c1-9-7-12-16(23-12)20(4,22)6-5-10-11-8-13(15-19(2,3)26-15)24-18(11)25-17(21)14(9)10/h8,10,12-18,21-22H,1,5-7H2,2-4H3. The average molecular weight is 364 g/mol. The second kappa shape index (κ2) is 5.40. The summed E-state index contributed by atoms with van der Waals surface area (Å²) in [7, 11) is 0. The fraction of sp³-hybridized carbons (Fsp3) is 0.800. The highest BCUT2D eigenvalue weighted by atomic mass is 16.7. The lowest BCUT2D eigenvalue weighted by Gasteiger charge is -2.41. The predicted molar refractivity (Wildman–Crippen MR) is 92.0 cm³/mol. The van der Waals surface area contributed by atoms with Crippen LogP contribution in [0.1, 0.15) is 40.0 Å². The quantitative estimate of drug-likeness (QED) is 0.544. The van der Waals surface area contributed by atoms with E-state index in [4.69, 9.17) is 18.9 Å². The van der Waals surface area contributed by atoms with Gasteiger partial charge in [0.25, 0.3) is 0 Å². The summed E-state index contributed by atoms with van der Waals surface area (Å²) in [6.07, 6.45) is 2.31. The number of aliphatic hydroxyl groups excluding tert-OH is 1. The van der Waals surface area contributed by atoms with Crippen LogP contribution < -0.4 is 0 Å². The number of epoxide rings is 2. The molecular formula is C20H28O6. The second-order valence-electron chi connectivity index (χ2n) is 9.25. The van der Waals surface area contributed by atoms with Gasteiger partial charge >= 0.3 is 0 Å². The lowest BCUT2D eigenvalue weighted by molar-refractivity contribution is -0.253. The molecule has 26 heavy (non-hydrogen) atoms. The molecular weight excluding hydrogens is 336 g/mol. The van der Waals surface area contributed by atoms with Crippen LogP contribution in [0.25, 0.3) is 0 Å². The first-order valence-corrected chi connectivity index (χ1v) is 9.61. The van der Waals surface area contributed by atoms with Gasteiger partial charge in [-0.3, -0.25) is 0 Å². The van der Waals surface area contributed by atoms with Gasteiger partial charge in [0.05, 0.1) is 17.3 Å². The highest BCUT2D eigenvalue weighted by Crippen LogP contribution is 2.52. The number of hydrogen-bond acceptors (Lipinski definition) is 6. The van der Waals surface area contributed by atoms with Crippen molar-refractivity contribution in [3.05, 3.63) is 23.8 Å². The van der Waals surface area contributed by atoms with Crippen LogP contribution in [0.4, 0.5) is 0 Å². The third-order valence-corrected chi connectivity index (χ3v) is 6.79. The van der Waals surface area contributed by atoms with E-state index in [1.807, 2.05) is 20.8 Å². The van der Waals surface area contributed by atoms with Gasteiger partial charge in [0.15, 0.2) is 12.6 Å². The van der Waals surface area contributed by atoms with E-state index in [0.29, 0.717) is 12.8 Å². The Morgan fingerprint density at radius 2 is 1.88 bits per heavy atom. The molecule has 6 nitrogen and oxygen atoms in total. The van der Waals surface area contributed by atoms with Crippen molar-refractivity contribution >= 4 is 0 Å². The van der Waals surface area contributed by atoms with Crippen molar-refractivity contribution in [1.82, 2.24) is 0 Å². The lowest BCUT2D eigenvalue weighted by atomic mass is 9.75. The van der Waals surface area contributed by atoms with Crippen LogP contribution >= 0.6 is 0 Å². The Morgan fingerprint density at radius 1 is 1.15 bits per heavy atom. The largest absolute Gasteiger partial charge is 0.387 e. The summed E-state index contributed by atoms with van der Waals surface area (Å²) in [6, 6.07) is 0. The Bertz CT molecular complexity index is 667. The molecule has 0 amide bonds. The van der Waals surface area contributed by atoms with E-state index in [-0.39, 0.29) is 41.9 Å².